The molecular weight excluding hydrogens is 280 g/mol. The van der Waals surface area contributed by atoms with Crippen molar-refractivity contribution in [2.75, 3.05) is 0 Å². The predicted molar refractivity (Wildman–Crippen MR) is 83.5 cm³/mol. The number of para-hydroxylation sites is 1. The van der Waals surface area contributed by atoms with Crippen LogP contribution < -0.4 is 4.74 Å². The average molecular weight is 300 g/mol. The molecule has 2 rings (SSSR count). The van der Waals surface area contributed by atoms with Crippen molar-refractivity contribution in [3.05, 3.63) is 65.7 Å². The molecular formula is C18H20O4. The van der Waals surface area contributed by atoms with Crippen LogP contribution in [0.15, 0.2) is 54.6 Å². The molecule has 2 aromatic rings. The molecule has 4 nitrogen and oxygen atoms in total. The van der Waals surface area contributed by atoms with Gasteiger partial charge in [0.2, 0.25) is 0 Å². The van der Waals surface area contributed by atoms with Crippen LogP contribution in [0.5, 0.6) is 5.75 Å². The normalized spacial score (nSPS) is 11.0. The number of hydrogen-bond acceptors (Lipinski definition) is 4. The number of carbonyl (C=O) groups is 1. The first-order valence-corrected chi connectivity index (χ1v) is 7.24. The standard InChI is InChI=1S/C18H20O4/c1-4-14-10-8-9-13-16(14)20-17(19)21-22-18(2,3)15-11-6-5-7-12-15/h5-13H,4H2,1-3H3. The van der Waals surface area contributed by atoms with Gasteiger partial charge in [0.05, 0.1) is 0 Å². The minimum atomic E-state index is -0.884. The van der Waals surface area contributed by atoms with Gasteiger partial charge in [-0.15, -0.1) is 0 Å². The van der Waals surface area contributed by atoms with Gasteiger partial charge in [-0.2, -0.15) is 4.89 Å². The minimum absolute atomic E-state index is 0.483. The second kappa shape index (κ2) is 7.09. The van der Waals surface area contributed by atoms with E-state index in [2.05, 4.69) is 0 Å². The quantitative estimate of drug-likeness (QED) is 0.349. The molecule has 0 N–H and O–H groups in total. The van der Waals surface area contributed by atoms with E-state index >= 15 is 0 Å². The number of rotatable bonds is 5. The van der Waals surface area contributed by atoms with Crippen molar-refractivity contribution in [2.45, 2.75) is 32.8 Å². The maximum Gasteiger partial charge on any atom is 0.546 e. The minimum Gasteiger partial charge on any atom is -0.393 e. The first kappa shape index (κ1) is 16.0. The molecule has 0 aliphatic carbocycles. The van der Waals surface area contributed by atoms with Crippen LogP contribution in [0.4, 0.5) is 4.79 Å². The lowest BCUT2D eigenvalue weighted by molar-refractivity contribution is -0.318. The second-order valence-electron chi connectivity index (χ2n) is 5.36. The molecule has 0 atom stereocenters. The lowest BCUT2D eigenvalue weighted by Gasteiger charge is -2.22. The maximum atomic E-state index is 11.8. The van der Waals surface area contributed by atoms with Gasteiger partial charge >= 0.3 is 6.16 Å². The fourth-order valence-electron chi connectivity index (χ4n) is 2.03. The molecule has 0 fully saturated rings. The van der Waals surface area contributed by atoms with Crippen molar-refractivity contribution in [3.63, 3.8) is 0 Å². The molecule has 0 heterocycles. The highest BCUT2D eigenvalue weighted by Gasteiger charge is 2.25. The summed E-state index contributed by atoms with van der Waals surface area (Å²) in [6.07, 6.45) is -0.121. The number of carbonyl (C=O) groups excluding carboxylic acids is 1. The molecule has 22 heavy (non-hydrogen) atoms. The van der Waals surface area contributed by atoms with Gasteiger partial charge in [0.25, 0.3) is 0 Å². The Morgan fingerprint density at radius 1 is 1.00 bits per heavy atom. The zero-order valence-corrected chi connectivity index (χ0v) is 13.0. The third-order valence-corrected chi connectivity index (χ3v) is 3.33. The van der Waals surface area contributed by atoms with Crippen LogP contribution in [0.25, 0.3) is 0 Å². The highest BCUT2D eigenvalue weighted by atomic mass is 17.2. The predicted octanol–water partition coefficient (Wildman–Crippen LogP) is 4.63. The summed E-state index contributed by atoms with van der Waals surface area (Å²) in [5.74, 6) is 0.483. The molecule has 0 bridgehead atoms. The summed E-state index contributed by atoms with van der Waals surface area (Å²) in [5, 5.41) is 0. The van der Waals surface area contributed by atoms with Crippen LogP contribution in [-0.2, 0) is 21.8 Å². The van der Waals surface area contributed by atoms with E-state index in [9.17, 15) is 4.79 Å². The van der Waals surface area contributed by atoms with E-state index in [1.165, 1.54) is 0 Å². The van der Waals surface area contributed by atoms with Crippen molar-refractivity contribution in [3.8, 4) is 5.75 Å². The van der Waals surface area contributed by atoms with Gasteiger partial charge < -0.3 is 4.74 Å². The maximum absolute atomic E-state index is 11.8. The van der Waals surface area contributed by atoms with Crippen molar-refractivity contribution in [2.24, 2.45) is 0 Å². The van der Waals surface area contributed by atoms with E-state index in [0.717, 1.165) is 17.5 Å². The first-order valence-electron chi connectivity index (χ1n) is 7.24. The van der Waals surface area contributed by atoms with Gasteiger partial charge in [-0.05, 0) is 37.5 Å². The Balaban J connectivity index is 1.95. The summed E-state index contributed by atoms with van der Waals surface area (Å²) < 4.78 is 5.18. The Kier molecular flexibility index (Phi) is 5.17. The summed E-state index contributed by atoms with van der Waals surface area (Å²) in [6.45, 7) is 5.62. The zero-order valence-electron chi connectivity index (χ0n) is 13.0. The highest BCUT2D eigenvalue weighted by molar-refractivity contribution is 5.63. The van der Waals surface area contributed by atoms with Crippen LogP contribution in [0.3, 0.4) is 0 Å². The van der Waals surface area contributed by atoms with Gasteiger partial charge in [-0.25, -0.2) is 4.79 Å². The number of hydrogen-bond donors (Lipinski definition) is 0. The van der Waals surface area contributed by atoms with Crippen LogP contribution in [0, 0.1) is 0 Å². The summed E-state index contributed by atoms with van der Waals surface area (Å²) in [4.78, 5) is 21.8. The zero-order chi connectivity index (χ0) is 16.0. The van der Waals surface area contributed by atoms with E-state index < -0.39 is 11.8 Å². The van der Waals surface area contributed by atoms with E-state index in [4.69, 9.17) is 14.5 Å². The van der Waals surface area contributed by atoms with Gasteiger partial charge in [-0.3, -0.25) is 4.89 Å². The Morgan fingerprint density at radius 3 is 2.32 bits per heavy atom. The van der Waals surface area contributed by atoms with Gasteiger partial charge in [0, 0.05) is 0 Å². The lowest BCUT2D eigenvalue weighted by Crippen LogP contribution is -2.25. The Hall–Kier alpha value is -2.33. The molecule has 2 aromatic carbocycles. The third-order valence-electron chi connectivity index (χ3n) is 3.33. The summed E-state index contributed by atoms with van der Waals surface area (Å²) in [5.41, 5.74) is 1.07. The van der Waals surface area contributed by atoms with Crippen LogP contribution in [-0.4, -0.2) is 6.16 Å². The second-order valence-corrected chi connectivity index (χ2v) is 5.36. The number of aryl methyl sites for hydroxylation is 1. The molecule has 0 spiro atoms. The Morgan fingerprint density at radius 2 is 1.64 bits per heavy atom. The van der Waals surface area contributed by atoms with Crippen LogP contribution in [0.2, 0.25) is 0 Å². The molecule has 4 heteroatoms. The van der Waals surface area contributed by atoms with Gasteiger partial charge in [0.1, 0.15) is 11.4 Å². The van der Waals surface area contributed by atoms with Gasteiger partial charge in [0.15, 0.2) is 0 Å². The van der Waals surface area contributed by atoms with Crippen LogP contribution in [0.1, 0.15) is 31.9 Å². The van der Waals surface area contributed by atoms with Crippen LogP contribution >= 0.6 is 0 Å². The smallest absolute Gasteiger partial charge is 0.393 e. The van der Waals surface area contributed by atoms with E-state index in [1.807, 2.05) is 63.2 Å². The SMILES string of the molecule is CCc1ccccc1OC(=O)OOC(C)(C)c1ccccc1. The van der Waals surface area contributed by atoms with E-state index in [0.29, 0.717) is 5.75 Å². The Bertz CT molecular complexity index is 620. The number of ether oxygens (including phenoxy) is 1. The molecule has 0 radical (unpaired) electrons. The Labute approximate surface area is 130 Å². The molecule has 0 aliphatic heterocycles. The number of benzene rings is 2. The first-order chi connectivity index (χ1) is 10.5. The largest absolute Gasteiger partial charge is 0.546 e. The van der Waals surface area contributed by atoms with E-state index in [-0.39, 0.29) is 0 Å². The average Bonchev–Trinajstić information content (AvgIpc) is 2.54. The topological polar surface area (TPSA) is 44.8 Å². The van der Waals surface area contributed by atoms with Crippen molar-refractivity contribution >= 4 is 6.16 Å². The fraction of sp³-hybridized carbons (Fsp3) is 0.278. The molecule has 0 saturated carbocycles. The molecule has 0 amide bonds. The highest BCUT2D eigenvalue weighted by Crippen LogP contribution is 2.25. The van der Waals surface area contributed by atoms with Gasteiger partial charge in [-0.1, -0.05) is 55.5 Å². The molecule has 0 saturated heterocycles. The van der Waals surface area contributed by atoms with Crippen molar-refractivity contribution in [1.82, 2.24) is 0 Å². The summed E-state index contributed by atoms with van der Waals surface area (Å²) >= 11 is 0. The lowest BCUT2D eigenvalue weighted by atomic mass is 9.99. The van der Waals surface area contributed by atoms with Crippen molar-refractivity contribution < 1.29 is 19.3 Å². The van der Waals surface area contributed by atoms with Crippen molar-refractivity contribution in [1.29, 1.82) is 0 Å². The monoisotopic (exact) mass is 300 g/mol. The van der Waals surface area contributed by atoms with E-state index in [1.54, 1.807) is 12.1 Å². The molecule has 0 aliphatic rings. The molecule has 0 unspecified atom stereocenters. The third kappa shape index (κ3) is 4.09. The fourth-order valence-corrected chi connectivity index (χ4v) is 2.03. The molecule has 0 aromatic heterocycles. The summed E-state index contributed by atoms with van der Waals surface area (Å²) in [6, 6.07) is 16.8. The molecule has 116 valence electrons. The summed E-state index contributed by atoms with van der Waals surface area (Å²) in [7, 11) is 0.